The number of carbonyl (C=O) groups excluding carboxylic acids is 1. The van der Waals surface area contributed by atoms with Gasteiger partial charge in [-0.2, -0.15) is 0 Å². The van der Waals surface area contributed by atoms with Gasteiger partial charge >= 0.3 is 0 Å². The van der Waals surface area contributed by atoms with E-state index in [1.165, 1.54) is 23.9 Å². The second-order valence-corrected chi connectivity index (χ2v) is 9.60. The Morgan fingerprint density at radius 1 is 1.08 bits per heavy atom. The van der Waals surface area contributed by atoms with Crippen molar-refractivity contribution in [3.8, 4) is 11.5 Å². The van der Waals surface area contributed by atoms with E-state index in [2.05, 4.69) is 20.9 Å². The van der Waals surface area contributed by atoms with Gasteiger partial charge in [-0.05, 0) is 81.3 Å². The molecular weight excluding hydrogens is 547 g/mol. The molecule has 3 aromatic carbocycles. The summed E-state index contributed by atoms with van der Waals surface area (Å²) in [6, 6.07) is 19.3. The van der Waals surface area contributed by atoms with Crippen LogP contribution in [0.1, 0.15) is 11.1 Å². The van der Waals surface area contributed by atoms with Crippen LogP contribution in [0.25, 0.3) is 6.08 Å². The van der Waals surface area contributed by atoms with E-state index in [9.17, 15) is 9.18 Å². The van der Waals surface area contributed by atoms with Crippen LogP contribution in [0.3, 0.4) is 0 Å². The molecule has 4 rings (SSSR count). The number of carbonyl (C=O) groups is 1. The zero-order valence-electron chi connectivity index (χ0n) is 19.7. The van der Waals surface area contributed by atoms with E-state index >= 15 is 0 Å². The van der Waals surface area contributed by atoms with Crippen molar-refractivity contribution in [1.29, 1.82) is 0 Å². The zero-order valence-corrected chi connectivity index (χ0v) is 22.1. The highest BCUT2D eigenvalue weighted by Crippen LogP contribution is 2.40. The number of nitrogens with zero attached hydrogens (tertiary/aromatic N) is 2. The predicted molar refractivity (Wildman–Crippen MR) is 144 cm³/mol. The minimum atomic E-state index is -0.299. The lowest BCUT2D eigenvalue weighted by molar-refractivity contribution is -0.122. The number of hydrogen-bond donors (Lipinski definition) is 0. The molecule has 1 heterocycles. The number of methoxy groups -OCH3 is 2. The SMILES string of the molecule is COCCN1C(=O)/C(=C/c2cc(Br)c(OCc3ccc(F)cc3)c(OC)c2)SC1=Nc1ccccc1. The number of rotatable bonds is 9. The van der Waals surface area contributed by atoms with Crippen LogP contribution in [0.15, 0.2) is 81.1 Å². The Kier molecular flexibility index (Phi) is 8.79. The molecule has 1 fully saturated rings. The van der Waals surface area contributed by atoms with Gasteiger partial charge in [0.1, 0.15) is 12.4 Å². The average Bonchev–Trinajstić information content (AvgIpc) is 3.16. The molecule has 1 amide bonds. The van der Waals surface area contributed by atoms with Crippen LogP contribution in [0, 0.1) is 5.82 Å². The summed E-state index contributed by atoms with van der Waals surface area (Å²) in [5, 5.41) is 0.597. The number of amides is 1. The highest BCUT2D eigenvalue weighted by atomic mass is 79.9. The Bertz CT molecular complexity index is 1280. The second-order valence-electron chi connectivity index (χ2n) is 7.74. The van der Waals surface area contributed by atoms with Crippen molar-refractivity contribution >= 4 is 50.5 Å². The quantitative estimate of drug-likeness (QED) is 0.277. The number of hydrogen-bond acceptors (Lipinski definition) is 6. The fourth-order valence-corrected chi connectivity index (χ4v) is 5.03. The molecular formula is C27H24BrFN2O4S. The molecule has 1 aliphatic rings. The highest BCUT2D eigenvalue weighted by Gasteiger charge is 2.33. The van der Waals surface area contributed by atoms with Crippen molar-refractivity contribution in [2.45, 2.75) is 6.61 Å². The van der Waals surface area contributed by atoms with Gasteiger partial charge in [0.15, 0.2) is 16.7 Å². The van der Waals surface area contributed by atoms with Gasteiger partial charge < -0.3 is 14.2 Å². The number of aliphatic imine (C=N–C) groups is 1. The van der Waals surface area contributed by atoms with Crippen molar-refractivity contribution in [2.75, 3.05) is 27.4 Å². The first-order valence-electron chi connectivity index (χ1n) is 11.1. The average molecular weight is 571 g/mol. The molecule has 3 aromatic rings. The lowest BCUT2D eigenvalue weighted by atomic mass is 10.1. The largest absolute Gasteiger partial charge is 0.493 e. The van der Waals surface area contributed by atoms with Crippen LogP contribution in [0.5, 0.6) is 11.5 Å². The molecule has 1 aliphatic heterocycles. The van der Waals surface area contributed by atoms with E-state index in [1.54, 1.807) is 43.4 Å². The van der Waals surface area contributed by atoms with E-state index < -0.39 is 0 Å². The van der Waals surface area contributed by atoms with E-state index in [-0.39, 0.29) is 18.3 Å². The number of ether oxygens (including phenoxy) is 3. The van der Waals surface area contributed by atoms with Crippen LogP contribution in [0.4, 0.5) is 10.1 Å². The molecule has 9 heteroatoms. The number of amidine groups is 1. The molecule has 0 aromatic heterocycles. The van der Waals surface area contributed by atoms with Gasteiger partial charge in [0.25, 0.3) is 5.91 Å². The standard InChI is InChI=1S/C27H24BrFN2O4S/c1-33-13-12-31-26(32)24(36-27(31)30-21-6-4-3-5-7-21)16-19-14-22(28)25(23(15-19)34-2)35-17-18-8-10-20(29)11-9-18/h3-11,14-16H,12-13,17H2,1-2H3/b24-16-,30-27?. The molecule has 0 radical (unpaired) electrons. The van der Waals surface area contributed by atoms with Gasteiger partial charge in [-0.3, -0.25) is 9.69 Å². The minimum absolute atomic E-state index is 0.140. The summed E-state index contributed by atoms with van der Waals surface area (Å²) in [7, 11) is 3.15. The lowest BCUT2D eigenvalue weighted by Gasteiger charge is -2.15. The number of para-hydroxylation sites is 1. The Labute approximate surface area is 221 Å². The first-order valence-corrected chi connectivity index (χ1v) is 12.7. The molecule has 0 saturated carbocycles. The van der Waals surface area contributed by atoms with Crippen molar-refractivity contribution in [3.05, 3.63) is 93.1 Å². The molecule has 186 valence electrons. The number of halogens is 2. The highest BCUT2D eigenvalue weighted by molar-refractivity contribution is 9.10. The smallest absolute Gasteiger partial charge is 0.266 e. The van der Waals surface area contributed by atoms with Gasteiger partial charge in [-0.1, -0.05) is 30.3 Å². The summed E-state index contributed by atoms with van der Waals surface area (Å²) in [6.45, 7) is 1.04. The Hall–Kier alpha value is -3.14. The first-order chi connectivity index (χ1) is 17.5. The summed E-state index contributed by atoms with van der Waals surface area (Å²) in [5.41, 5.74) is 2.35. The minimum Gasteiger partial charge on any atom is -0.493 e. The molecule has 1 saturated heterocycles. The van der Waals surface area contributed by atoms with Crippen LogP contribution >= 0.6 is 27.7 Å². The Morgan fingerprint density at radius 2 is 1.83 bits per heavy atom. The molecule has 36 heavy (non-hydrogen) atoms. The molecule has 0 N–H and O–H groups in total. The van der Waals surface area contributed by atoms with Gasteiger partial charge in [0.2, 0.25) is 0 Å². The van der Waals surface area contributed by atoms with Crippen molar-refractivity contribution < 1.29 is 23.4 Å². The lowest BCUT2D eigenvalue weighted by Crippen LogP contribution is -2.32. The van der Waals surface area contributed by atoms with E-state index in [4.69, 9.17) is 14.2 Å². The third kappa shape index (κ3) is 6.34. The van der Waals surface area contributed by atoms with E-state index in [0.717, 1.165) is 16.8 Å². The summed E-state index contributed by atoms with van der Waals surface area (Å²) in [4.78, 5) is 20.0. The maximum absolute atomic E-state index is 13.2. The Morgan fingerprint density at radius 3 is 2.53 bits per heavy atom. The summed E-state index contributed by atoms with van der Waals surface area (Å²) >= 11 is 4.87. The number of thioether (sulfide) groups is 1. The molecule has 0 bridgehead atoms. The third-order valence-electron chi connectivity index (χ3n) is 5.23. The third-order valence-corrected chi connectivity index (χ3v) is 6.83. The Balaban J connectivity index is 1.59. The molecule has 0 unspecified atom stereocenters. The number of benzene rings is 3. The van der Waals surface area contributed by atoms with Crippen LogP contribution < -0.4 is 9.47 Å². The second kappa shape index (κ2) is 12.2. The fourth-order valence-electron chi connectivity index (χ4n) is 3.43. The van der Waals surface area contributed by atoms with Gasteiger partial charge in [-0.25, -0.2) is 9.38 Å². The van der Waals surface area contributed by atoms with Crippen molar-refractivity contribution in [3.63, 3.8) is 0 Å². The molecule has 0 spiro atoms. The summed E-state index contributed by atoms with van der Waals surface area (Å²) in [5.74, 6) is 0.580. The molecule has 0 aliphatic carbocycles. The maximum atomic E-state index is 13.2. The molecule has 6 nitrogen and oxygen atoms in total. The van der Waals surface area contributed by atoms with Gasteiger partial charge in [-0.15, -0.1) is 0 Å². The van der Waals surface area contributed by atoms with Gasteiger partial charge in [0.05, 0.1) is 35.3 Å². The van der Waals surface area contributed by atoms with Gasteiger partial charge in [0, 0.05) is 7.11 Å². The van der Waals surface area contributed by atoms with Crippen LogP contribution in [-0.2, 0) is 16.1 Å². The maximum Gasteiger partial charge on any atom is 0.266 e. The molecule has 0 atom stereocenters. The fraction of sp³-hybridized carbons (Fsp3) is 0.185. The van der Waals surface area contributed by atoms with Crippen LogP contribution in [-0.4, -0.2) is 43.3 Å². The summed E-state index contributed by atoms with van der Waals surface area (Å²) < 4.78 is 30.5. The summed E-state index contributed by atoms with van der Waals surface area (Å²) in [6.07, 6.45) is 1.80. The van der Waals surface area contributed by atoms with E-state index in [0.29, 0.717) is 39.2 Å². The monoisotopic (exact) mass is 570 g/mol. The zero-order chi connectivity index (χ0) is 25.5. The van der Waals surface area contributed by atoms with E-state index in [1.807, 2.05) is 36.4 Å². The van der Waals surface area contributed by atoms with Crippen LogP contribution in [0.2, 0.25) is 0 Å². The predicted octanol–water partition coefficient (Wildman–Crippen LogP) is 6.43. The van der Waals surface area contributed by atoms with Crippen molar-refractivity contribution in [2.24, 2.45) is 4.99 Å². The normalized spacial score (nSPS) is 15.7. The topological polar surface area (TPSA) is 60.4 Å². The van der Waals surface area contributed by atoms with Crippen molar-refractivity contribution in [1.82, 2.24) is 4.90 Å². The first kappa shape index (κ1) is 25.9.